The van der Waals surface area contributed by atoms with E-state index >= 15 is 0 Å². The maximum Gasteiger partial charge on any atom is 0.420 e. The van der Waals surface area contributed by atoms with Gasteiger partial charge in [0.2, 0.25) is 0 Å². The van der Waals surface area contributed by atoms with E-state index in [9.17, 15) is 34.8 Å². The SMILES string of the molecule is CS(=O)(=O)OC(c1ccc2c(C(F)(F)F)c(O[C@H]3CC[C@@H](C)CC3)ccc2c1)C(F)(F)F. The Bertz CT molecular complexity index is 1070. The van der Waals surface area contributed by atoms with Gasteiger partial charge in [0, 0.05) is 0 Å². The largest absolute Gasteiger partial charge is 0.490 e. The van der Waals surface area contributed by atoms with Crippen LogP contribution in [-0.2, 0) is 20.5 Å². The Morgan fingerprint density at radius 1 is 0.969 bits per heavy atom. The highest BCUT2D eigenvalue weighted by molar-refractivity contribution is 7.86. The zero-order valence-corrected chi connectivity index (χ0v) is 18.1. The molecule has 2 aromatic carbocycles. The molecule has 0 saturated heterocycles. The molecule has 0 radical (unpaired) electrons. The lowest BCUT2D eigenvalue weighted by molar-refractivity contribution is -0.196. The summed E-state index contributed by atoms with van der Waals surface area (Å²) in [5.74, 6) is 0.0970. The number of rotatable bonds is 5. The summed E-state index contributed by atoms with van der Waals surface area (Å²) in [5, 5.41) is -0.492. The molecule has 0 aliphatic heterocycles. The maximum atomic E-state index is 13.9. The zero-order valence-electron chi connectivity index (χ0n) is 17.3. The van der Waals surface area contributed by atoms with E-state index in [1.54, 1.807) is 0 Å². The highest BCUT2D eigenvalue weighted by atomic mass is 32.2. The average Bonchev–Trinajstić information content (AvgIpc) is 2.65. The van der Waals surface area contributed by atoms with Gasteiger partial charge in [-0.25, -0.2) is 0 Å². The van der Waals surface area contributed by atoms with Gasteiger partial charge in [-0.15, -0.1) is 0 Å². The van der Waals surface area contributed by atoms with E-state index in [0.717, 1.165) is 37.1 Å². The third-order valence-electron chi connectivity index (χ3n) is 5.42. The van der Waals surface area contributed by atoms with Crippen LogP contribution in [0.5, 0.6) is 5.75 Å². The maximum absolute atomic E-state index is 13.9. The first-order valence-electron chi connectivity index (χ1n) is 9.90. The van der Waals surface area contributed by atoms with Crippen LogP contribution < -0.4 is 4.74 Å². The van der Waals surface area contributed by atoms with Crippen LogP contribution in [-0.4, -0.2) is 27.0 Å². The number of alkyl halides is 6. The Hall–Kier alpha value is -2.01. The summed E-state index contributed by atoms with van der Waals surface area (Å²) >= 11 is 0. The van der Waals surface area contributed by atoms with Gasteiger partial charge in [0.15, 0.2) is 6.10 Å². The highest BCUT2D eigenvalue weighted by Gasteiger charge is 2.45. The Morgan fingerprint density at radius 3 is 2.12 bits per heavy atom. The molecule has 0 N–H and O–H groups in total. The smallest absolute Gasteiger partial charge is 0.420 e. The van der Waals surface area contributed by atoms with Gasteiger partial charge in [0.25, 0.3) is 10.1 Å². The normalized spacial score (nSPS) is 21.5. The van der Waals surface area contributed by atoms with Gasteiger partial charge in [-0.05, 0) is 60.1 Å². The molecule has 1 aliphatic carbocycles. The summed E-state index contributed by atoms with van der Waals surface area (Å²) in [5.41, 5.74) is -1.70. The molecule has 11 heteroatoms. The van der Waals surface area contributed by atoms with Crippen molar-refractivity contribution in [3.63, 3.8) is 0 Å². The lowest BCUT2D eigenvalue weighted by Crippen LogP contribution is -2.26. The van der Waals surface area contributed by atoms with Crippen molar-refractivity contribution in [2.24, 2.45) is 5.92 Å². The molecule has 2 aromatic rings. The first-order valence-corrected chi connectivity index (χ1v) is 11.7. The molecule has 0 heterocycles. The van der Waals surface area contributed by atoms with E-state index in [1.165, 1.54) is 6.07 Å². The van der Waals surface area contributed by atoms with E-state index in [-0.39, 0.29) is 22.6 Å². The molecule has 4 nitrogen and oxygen atoms in total. The van der Waals surface area contributed by atoms with Crippen LogP contribution in [0.4, 0.5) is 26.3 Å². The van der Waals surface area contributed by atoms with Crippen molar-refractivity contribution in [2.75, 3.05) is 6.26 Å². The van der Waals surface area contributed by atoms with E-state index in [0.29, 0.717) is 25.0 Å². The predicted molar refractivity (Wildman–Crippen MR) is 106 cm³/mol. The van der Waals surface area contributed by atoms with Gasteiger partial charge in [0.1, 0.15) is 11.3 Å². The van der Waals surface area contributed by atoms with Gasteiger partial charge >= 0.3 is 12.4 Å². The van der Waals surface area contributed by atoms with Crippen LogP contribution in [0.3, 0.4) is 0 Å². The van der Waals surface area contributed by atoms with Gasteiger partial charge in [-0.3, -0.25) is 4.18 Å². The van der Waals surface area contributed by atoms with Crippen LogP contribution in [0.2, 0.25) is 0 Å². The number of hydrogen-bond acceptors (Lipinski definition) is 4. The first kappa shape index (κ1) is 24.6. The van der Waals surface area contributed by atoms with E-state index in [1.807, 2.05) is 0 Å². The predicted octanol–water partition coefficient (Wildman–Crippen LogP) is 6.40. The summed E-state index contributed by atoms with van der Waals surface area (Å²) in [6.45, 7) is 2.06. The van der Waals surface area contributed by atoms with Gasteiger partial charge in [-0.2, -0.15) is 34.8 Å². The minimum atomic E-state index is -5.09. The Balaban J connectivity index is 2.05. The van der Waals surface area contributed by atoms with Crippen molar-refractivity contribution in [3.05, 3.63) is 41.5 Å². The summed E-state index contributed by atoms with van der Waals surface area (Å²) < 4.78 is 114. The molecule has 1 unspecified atom stereocenters. The lowest BCUT2D eigenvalue weighted by Gasteiger charge is -2.28. The number of hydrogen-bond donors (Lipinski definition) is 0. The second kappa shape index (κ2) is 8.74. The molecular formula is C21H22F6O4S. The van der Waals surface area contributed by atoms with Crippen LogP contribution in [0.1, 0.15) is 49.8 Å². The molecule has 0 spiro atoms. The Morgan fingerprint density at radius 2 is 1.59 bits per heavy atom. The van der Waals surface area contributed by atoms with E-state index < -0.39 is 39.7 Å². The summed E-state index contributed by atoms with van der Waals surface area (Å²) in [6, 6.07) is 4.83. The van der Waals surface area contributed by atoms with Crippen LogP contribution in [0.15, 0.2) is 30.3 Å². The molecule has 1 aliphatic rings. The van der Waals surface area contributed by atoms with Gasteiger partial charge in [-0.1, -0.05) is 25.1 Å². The molecule has 1 saturated carbocycles. The number of halogens is 6. The second-order valence-electron chi connectivity index (χ2n) is 8.14. The van der Waals surface area contributed by atoms with Crippen LogP contribution in [0, 0.1) is 5.92 Å². The number of fused-ring (bicyclic) bond motifs is 1. The monoisotopic (exact) mass is 484 g/mol. The van der Waals surface area contributed by atoms with E-state index in [4.69, 9.17) is 4.74 Å². The van der Waals surface area contributed by atoms with Crippen LogP contribution in [0.25, 0.3) is 10.8 Å². The molecule has 0 amide bonds. The standard InChI is InChI=1S/C21H22F6O4S/c1-12-3-7-15(8-4-12)30-17-10-6-13-11-14(5-9-16(13)18(17)20(22,23)24)19(21(25,26)27)31-32(2,28)29/h5-6,9-12,15,19H,3-4,7-8H2,1-2H3/t12-,15+,19?. The highest BCUT2D eigenvalue weighted by Crippen LogP contribution is 2.44. The average molecular weight is 484 g/mol. The Labute approximate surface area is 181 Å². The van der Waals surface area contributed by atoms with Crippen molar-refractivity contribution in [3.8, 4) is 5.75 Å². The van der Waals surface area contributed by atoms with Crippen molar-refractivity contribution in [1.82, 2.24) is 0 Å². The molecule has 32 heavy (non-hydrogen) atoms. The number of benzene rings is 2. The summed E-state index contributed by atoms with van der Waals surface area (Å²) in [6.07, 6.45) is -9.75. The lowest BCUT2D eigenvalue weighted by atomic mass is 9.89. The van der Waals surface area contributed by atoms with Crippen LogP contribution >= 0.6 is 0 Å². The third kappa shape index (κ3) is 5.86. The topological polar surface area (TPSA) is 52.6 Å². The quantitative estimate of drug-likeness (QED) is 0.364. The number of ether oxygens (including phenoxy) is 1. The van der Waals surface area contributed by atoms with Gasteiger partial charge < -0.3 is 4.74 Å². The second-order valence-corrected chi connectivity index (χ2v) is 9.74. The molecule has 1 atom stereocenters. The minimum Gasteiger partial charge on any atom is -0.490 e. The minimum absolute atomic E-state index is 0.147. The molecule has 3 rings (SSSR count). The van der Waals surface area contributed by atoms with Crippen molar-refractivity contribution < 1.29 is 43.7 Å². The van der Waals surface area contributed by atoms with E-state index in [2.05, 4.69) is 11.1 Å². The fourth-order valence-corrected chi connectivity index (χ4v) is 4.45. The fourth-order valence-electron chi connectivity index (χ4n) is 3.88. The fraction of sp³-hybridized carbons (Fsp3) is 0.524. The first-order chi connectivity index (χ1) is 14.6. The Kier molecular flexibility index (Phi) is 6.72. The third-order valence-corrected chi connectivity index (χ3v) is 5.96. The van der Waals surface area contributed by atoms with Crippen molar-refractivity contribution in [2.45, 2.75) is 57.2 Å². The molecular weight excluding hydrogens is 462 g/mol. The zero-order chi connectivity index (χ0) is 23.9. The summed E-state index contributed by atoms with van der Waals surface area (Å²) in [4.78, 5) is 0. The molecule has 1 fully saturated rings. The summed E-state index contributed by atoms with van der Waals surface area (Å²) in [7, 11) is -4.49. The molecule has 0 bridgehead atoms. The van der Waals surface area contributed by atoms with Crippen molar-refractivity contribution >= 4 is 20.9 Å². The molecule has 178 valence electrons. The van der Waals surface area contributed by atoms with Gasteiger partial charge in [0.05, 0.1) is 12.4 Å². The van der Waals surface area contributed by atoms with Crippen molar-refractivity contribution in [1.29, 1.82) is 0 Å². The molecule has 0 aromatic heterocycles.